The Kier molecular flexibility index (Phi) is 5.25. The van der Waals surface area contributed by atoms with Crippen LogP contribution in [0.25, 0.3) is 0 Å². The second kappa shape index (κ2) is 7.77. The summed E-state index contributed by atoms with van der Waals surface area (Å²) in [6.45, 7) is 1.71. The van der Waals surface area contributed by atoms with Gasteiger partial charge in [-0.15, -0.1) is 0 Å². The van der Waals surface area contributed by atoms with Crippen LogP contribution in [-0.4, -0.2) is 35.1 Å². The van der Waals surface area contributed by atoms with Gasteiger partial charge in [-0.2, -0.15) is 0 Å². The predicted octanol–water partition coefficient (Wildman–Crippen LogP) is 2.97. The molecule has 0 radical (unpaired) electrons. The van der Waals surface area contributed by atoms with E-state index < -0.39 is 0 Å². The first kappa shape index (κ1) is 16.2. The molecule has 0 spiro atoms. The zero-order valence-corrected chi connectivity index (χ0v) is 13.3. The zero-order chi connectivity index (χ0) is 16.8. The third-order valence-electron chi connectivity index (χ3n) is 4.04. The smallest absolute Gasteiger partial charge is 0.317 e. The highest BCUT2D eigenvalue weighted by Gasteiger charge is 2.23. The van der Waals surface area contributed by atoms with E-state index in [4.69, 9.17) is 4.74 Å². The number of amides is 2. The molecule has 1 aromatic heterocycles. The first-order valence-electron chi connectivity index (χ1n) is 8.04. The number of hydrogen-bond acceptors (Lipinski definition) is 3. The third kappa shape index (κ3) is 4.44. The van der Waals surface area contributed by atoms with Gasteiger partial charge in [0.05, 0.1) is 0 Å². The number of piperidine rings is 1. The molecule has 2 heterocycles. The summed E-state index contributed by atoms with van der Waals surface area (Å²) in [6, 6.07) is 9.70. The molecule has 0 unspecified atom stereocenters. The molecule has 0 saturated carbocycles. The van der Waals surface area contributed by atoms with Crippen LogP contribution < -0.4 is 10.1 Å². The maximum absolute atomic E-state index is 12.9. The number of pyridine rings is 1. The Morgan fingerprint density at radius 1 is 1.17 bits per heavy atom. The number of likely N-dealkylation sites (tertiary alicyclic amines) is 1. The first-order chi connectivity index (χ1) is 11.7. The third-order valence-corrected chi connectivity index (χ3v) is 4.04. The number of ether oxygens (including phenoxy) is 1. The topological polar surface area (TPSA) is 54.5 Å². The second-order valence-corrected chi connectivity index (χ2v) is 5.77. The largest absolute Gasteiger partial charge is 0.490 e. The highest BCUT2D eigenvalue weighted by atomic mass is 19.1. The zero-order valence-electron chi connectivity index (χ0n) is 13.3. The fraction of sp³-hybridized carbons (Fsp3) is 0.333. The minimum atomic E-state index is -0.277. The van der Waals surface area contributed by atoms with Gasteiger partial charge >= 0.3 is 6.03 Å². The Morgan fingerprint density at radius 2 is 1.83 bits per heavy atom. The van der Waals surface area contributed by atoms with Gasteiger partial charge in [0.1, 0.15) is 17.7 Å². The number of nitrogens with one attached hydrogen (secondary N) is 1. The van der Waals surface area contributed by atoms with Crippen molar-refractivity contribution in [2.24, 2.45) is 0 Å². The van der Waals surface area contributed by atoms with Crippen LogP contribution in [0.3, 0.4) is 0 Å². The maximum atomic E-state index is 12.9. The van der Waals surface area contributed by atoms with E-state index in [1.165, 1.54) is 12.1 Å². The normalized spacial score (nSPS) is 15.1. The molecule has 0 bridgehead atoms. The van der Waals surface area contributed by atoms with E-state index in [1.807, 2.05) is 12.1 Å². The van der Waals surface area contributed by atoms with Gasteiger partial charge in [-0.05, 0) is 29.8 Å². The van der Waals surface area contributed by atoms with E-state index in [0.717, 1.165) is 24.2 Å². The Labute approximate surface area is 140 Å². The van der Waals surface area contributed by atoms with Crippen molar-refractivity contribution in [2.75, 3.05) is 13.1 Å². The molecule has 1 fully saturated rings. The number of carbonyl (C=O) groups is 1. The number of halogens is 1. The molecule has 6 heteroatoms. The summed E-state index contributed by atoms with van der Waals surface area (Å²) in [6.07, 6.45) is 5.12. The fourth-order valence-electron chi connectivity index (χ4n) is 2.68. The Hall–Kier alpha value is -2.63. The SMILES string of the molecule is O=C(NCc1ccc(F)cc1)N1CCC(Oc2ccncc2)CC1. The molecule has 3 rings (SSSR count). The molecule has 1 aliphatic heterocycles. The van der Waals surface area contributed by atoms with Crippen molar-refractivity contribution in [3.05, 3.63) is 60.2 Å². The van der Waals surface area contributed by atoms with Crippen molar-refractivity contribution < 1.29 is 13.9 Å². The molecular weight excluding hydrogens is 309 g/mol. The van der Waals surface area contributed by atoms with Gasteiger partial charge in [0.15, 0.2) is 0 Å². The minimum absolute atomic E-state index is 0.0957. The predicted molar refractivity (Wildman–Crippen MR) is 88.1 cm³/mol. The van der Waals surface area contributed by atoms with E-state index >= 15 is 0 Å². The lowest BCUT2D eigenvalue weighted by atomic mass is 10.1. The molecule has 24 heavy (non-hydrogen) atoms. The molecule has 1 saturated heterocycles. The average molecular weight is 329 g/mol. The van der Waals surface area contributed by atoms with Crippen molar-refractivity contribution in [1.29, 1.82) is 0 Å². The molecule has 2 aromatic rings. The number of hydrogen-bond donors (Lipinski definition) is 1. The lowest BCUT2D eigenvalue weighted by molar-refractivity contribution is 0.111. The summed E-state index contributed by atoms with van der Waals surface area (Å²) in [5, 5.41) is 2.87. The van der Waals surface area contributed by atoms with Gasteiger partial charge in [0.2, 0.25) is 0 Å². The van der Waals surface area contributed by atoms with Crippen LogP contribution in [-0.2, 0) is 6.54 Å². The van der Waals surface area contributed by atoms with Crippen LogP contribution >= 0.6 is 0 Å². The summed E-state index contributed by atoms with van der Waals surface area (Å²) in [7, 11) is 0. The molecular formula is C18H20FN3O2. The average Bonchev–Trinajstić information content (AvgIpc) is 2.62. The lowest BCUT2D eigenvalue weighted by Crippen LogP contribution is -2.46. The summed E-state index contributed by atoms with van der Waals surface area (Å²) < 4.78 is 18.7. The van der Waals surface area contributed by atoms with Gasteiger partial charge in [-0.25, -0.2) is 9.18 Å². The van der Waals surface area contributed by atoms with Gasteiger partial charge in [-0.1, -0.05) is 12.1 Å². The Morgan fingerprint density at radius 3 is 2.50 bits per heavy atom. The van der Waals surface area contributed by atoms with Crippen LogP contribution in [0.15, 0.2) is 48.8 Å². The second-order valence-electron chi connectivity index (χ2n) is 5.77. The van der Waals surface area contributed by atoms with Crippen LogP contribution in [0.4, 0.5) is 9.18 Å². The number of carbonyl (C=O) groups excluding carboxylic acids is 1. The minimum Gasteiger partial charge on any atom is -0.490 e. The van der Waals surface area contributed by atoms with Gasteiger partial charge in [-0.3, -0.25) is 4.98 Å². The van der Waals surface area contributed by atoms with E-state index in [2.05, 4.69) is 10.3 Å². The monoisotopic (exact) mass is 329 g/mol. The van der Waals surface area contributed by atoms with Crippen LogP contribution in [0.1, 0.15) is 18.4 Å². The summed E-state index contributed by atoms with van der Waals surface area (Å²) in [5.74, 6) is 0.533. The number of nitrogens with zero attached hydrogens (tertiary/aromatic N) is 2. The molecule has 0 atom stereocenters. The van der Waals surface area contributed by atoms with E-state index in [0.29, 0.717) is 19.6 Å². The van der Waals surface area contributed by atoms with Crippen molar-refractivity contribution in [3.63, 3.8) is 0 Å². The van der Waals surface area contributed by atoms with Crippen LogP contribution in [0.2, 0.25) is 0 Å². The number of aromatic nitrogens is 1. The standard InChI is InChI=1S/C18H20FN3O2/c19-15-3-1-14(2-4-15)13-21-18(23)22-11-7-17(8-12-22)24-16-5-9-20-10-6-16/h1-6,9-10,17H,7-8,11-13H2,(H,21,23). The summed E-state index contributed by atoms with van der Waals surface area (Å²) in [4.78, 5) is 17.9. The molecule has 0 aliphatic carbocycles. The quantitative estimate of drug-likeness (QED) is 0.938. The highest BCUT2D eigenvalue weighted by Crippen LogP contribution is 2.18. The van der Waals surface area contributed by atoms with Crippen molar-refractivity contribution in [3.8, 4) is 5.75 Å². The highest BCUT2D eigenvalue weighted by molar-refractivity contribution is 5.74. The van der Waals surface area contributed by atoms with Crippen molar-refractivity contribution >= 4 is 6.03 Å². The molecule has 5 nitrogen and oxygen atoms in total. The number of urea groups is 1. The fourth-order valence-corrected chi connectivity index (χ4v) is 2.68. The molecule has 1 aliphatic rings. The molecule has 2 amide bonds. The van der Waals surface area contributed by atoms with E-state index in [1.54, 1.807) is 29.4 Å². The van der Waals surface area contributed by atoms with Gasteiger partial charge < -0.3 is 15.0 Å². The van der Waals surface area contributed by atoms with Gasteiger partial charge in [0, 0.05) is 44.9 Å². The first-order valence-corrected chi connectivity index (χ1v) is 8.04. The summed E-state index contributed by atoms with van der Waals surface area (Å²) in [5.41, 5.74) is 0.876. The molecule has 1 N–H and O–H groups in total. The van der Waals surface area contributed by atoms with Crippen LogP contribution in [0.5, 0.6) is 5.75 Å². The lowest BCUT2D eigenvalue weighted by Gasteiger charge is -2.32. The molecule has 1 aromatic carbocycles. The number of rotatable bonds is 4. The van der Waals surface area contributed by atoms with Crippen molar-refractivity contribution in [2.45, 2.75) is 25.5 Å². The van der Waals surface area contributed by atoms with Gasteiger partial charge in [0.25, 0.3) is 0 Å². The van der Waals surface area contributed by atoms with E-state index in [9.17, 15) is 9.18 Å². The maximum Gasteiger partial charge on any atom is 0.317 e. The Balaban J connectivity index is 1.42. The summed E-state index contributed by atoms with van der Waals surface area (Å²) >= 11 is 0. The van der Waals surface area contributed by atoms with Crippen LogP contribution in [0, 0.1) is 5.82 Å². The molecule has 126 valence electrons. The Bertz CT molecular complexity index is 656. The number of benzene rings is 1. The van der Waals surface area contributed by atoms with Crippen molar-refractivity contribution in [1.82, 2.24) is 15.2 Å². The van der Waals surface area contributed by atoms with E-state index in [-0.39, 0.29) is 18.0 Å².